The van der Waals surface area contributed by atoms with E-state index in [1.165, 1.54) is 17.0 Å². The van der Waals surface area contributed by atoms with Crippen LogP contribution < -0.4 is 5.46 Å². The summed E-state index contributed by atoms with van der Waals surface area (Å²) in [4.78, 5) is 24.4. The smallest absolute Gasteiger partial charge is 0.505 e. The summed E-state index contributed by atoms with van der Waals surface area (Å²) in [5, 5.41) is 9.57. The van der Waals surface area contributed by atoms with Gasteiger partial charge >= 0.3 is 19.1 Å². The highest BCUT2D eigenvalue weighted by Crippen LogP contribution is 2.13. The minimum absolute atomic E-state index is 0.0956. The maximum atomic E-state index is 13.2. The number of phenolic OH excluding ortho intramolecular Hbond substituents is 1. The lowest BCUT2D eigenvalue weighted by atomic mass is 9.77. The molecule has 100 valence electrons. The zero-order valence-electron chi connectivity index (χ0n) is 10.1. The number of phenols is 1. The molecule has 1 saturated heterocycles. The highest BCUT2D eigenvalue weighted by Gasteiger charge is 2.36. The zero-order valence-corrected chi connectivity index (χ0v) is 10.1. The van der Waals surface area contributed by atoms with Crippen LogP contribution in [0.4, 0.5) is 4.39 Å². The number of halogens is 1. The number of hydrogen-bond acceptors (Lipinski definition) is 6. The second-order valence-corrected chi connectivity index (χ2v) is 4.16. The van der Waals surface area contributed by atoms with Crippen LogP contribution in [-0.2, 0) is 18.9 Å². The third-order valence-corrected chi connectivity index (χ3v) is 2.55. The number of benzene rings is 1. The van der Waals surface area contributed by atoms with Crippen LogP contribution in [0.1, 0.15) is 0 Å². The molecule has 1 aromatic rings. The van der Waals surface area contributed by atoms with Crippen LogP contribution in [0.5, 0.6) is 5.75 Å². The number of nitrogens with zero attached hydrogens (tertiary/aromatic N) is 1. The van der Waals surface area contributed by atoms with Gasteiger partial charge in [-0.1, -0.05) is 12.1 Å². The summed E-state index contributed by atoms with van der Waals surface area (Å²) in [7, 11) is 0.118. The van der Waals surface area contributed by atoms with Crippen LogP contribution in [0.15, 0.2) is 18.2 Å². The predicted octanol–water partition coefficient (Wildman–Crippen LogP) is -0.742. The van der Waals surface area contributed by atoms with Gasteiger partial charge in [-0.25, -0.2) is 4.39 Å². The van der Waals surface area contributed by atoms with Gasteiger partial charge in [0.1, 0.15) is 0 Å². The quantitative estimate of drug-likeness (QED) is 0.675. The number of carbonyl (C=O) groups is 2. The summed E-state index contributed by atoms with van der Waals surface area (Å²) < 4.78 is 23.0. The van der Waals surface area contributed by atoms with E-state index in [1.807, 2.05) is 0 Å². The molecule has 0 unspecified atom stereocenters. The summed E-state index contributed by atoms with van der Waals surface area (Å²) in [5.41, 5.74) is -0.105. The molecule has 2 rings (SSSR count). The van der Waals surface area contributed by atoms with Crippen molar-refractivity contribution in [3.63, 3.8) is 0 Å². The van der Waals surface area contributed by atoms with Gasteiger partial charge in [0.05, 0.1) is 18.6 Å². The summed E-state index contributed by atoms with van der Waals surface area (Å²) in [6, 6.07) is 3.67. The van der Waals surface area contributed by atoms with Crippen LogP contribution in [-0.4, -0.2) is 49.2 Å². The largest absolute Gasteiger partial charge is 0.640 e. The Morgan fingerprint density at radius 3 is 2.42 bits per heavy atom. The van der Waals surface area contributed by atoms with Crippen molar-refractivity contribution in [3.05, 3.63) is 24.0 Å². The van der Waals surface area contributed by atoms with Gasteiger partial charge in [0.2, 0.25) is 0 Å². The third-order valence-electron chi connectivity index (χ3n) is 2.55. The molecule has 1 fully saturated rings. The Labute approximate surface area is 108 Å². The third kappa shape index (κ3) is 3.03. The Kier molecular flexibility index (Phi) is 3.70. The average molecular weight is 267 g/mol. The zero-order chi connectivity index (χ0) is 14.0. The van der Waals surface area contributed by atoms with Gasteiger partial charge < -0.3 is 14.4 Å². The first-order valence-corrected chi connectivity index (χ1v) is 5.52. The summed E-state index contributed by atoms with van der Waals surface area (Å²) >= 11 is 0. The molecule has 0 spiro atoms. The summed E-state index contributed by atoms with van der Waals surface area (Å²) in [6.07, 6.45) is 0. The molecule has 1 heterocycles. The minimum atomic E-state index is -1.44. The van der Waals surface area contributed by atoms with E-state index in [9.17, 15) is 19.1 Å². The molecule has 1 N–H and O–H groups in total. The van der Waals surface area contributed by atoms with Crippen molar-refractivity contribution >= 4 is 24.5 Å². The van der Waals surface area contributed by atoms with Gasteiger partial charge in [-0.05, 0) is 13.1 Å². The van der Waals surface area contributed by atoms with Gasteiger partial charge in [0, 0.05) is 0 Å². The number of likely N-dealkylation sites (N-methyl/N-ethyl adjacent to an activating group) is 1. The molecule has 0 bridgehead atoms. The van der Waals surface area contributed by atoms with E-state index in [0.717, 1.165) is 6.07 Å². The number of rotatable bonds is 1. The number of aromatic hydroxyl groups is 1. The van der Waals surface area contributed by atoms with E-state index in [4.69, 9.17) is 9.31 Å². The highest BCUT2D eigenvalue weighted by atomic mass is 19.1. The van der Waals surface area contributed by atoms with Gasteiger partial charge in [-0.15, -0.1) is 0 Å². The molecule has 0 aromatic heterocycles. The maximum absolute atomic E-state index is 13.2. The Hall–Kier alpha value is -2.09. The Bertz CT molecular complexity index is 504. The van der Waals surface area contributed by atoms with E-state index in [0.29, 0.717) is 0 Å². The minimum Gasteiger partial charge on any atom is -0.505 e. The molecule has 0 saturated carbocycles. The first kappa shape index (κ1) is 13.3. The summed E-state index contributed by atoms with van der Waals surface area (Å²) in [5.74, 6) is -2.86. The first-order valence-electron chi connectivity index (χ1n) is 5.52. The molecule has 1 aliphatic heterocycles. The molecule has 1 aliphatic rings. The van der Waals surface area contributed by atoms with Crippen LogP contribution in [0.3, 0.4) is 0 Å². The van der Waals surface area contributed by atoms with Crippen LogP contribution in [0, 0.1) is 5.82 Å². The maximum Gasteiger partial charge on any atom is 0.640 e. The first-order chi connectivity index (χ1) is 8.97. The lowest BCUT2D eigenvalue weighted by Crippen LogP contribution is -2.48. The predicted molar refractivity (Wildman–Crippen MR) is 63.1 cm³/mol. The van der Waals surface area contributed by atoms with Crippen LogP contribution in [0.2, 0.25) is 0 Å². The SMILES string of the molecule is CN1CC(=O)OB(c2cccc(F)c2O)OC(=O)C1. The van der Waals surface area contributed by atoms with Crippen LogP contribution in [0.25, 0.3) is 0 Å². The van der Waals surface area contributed by atoms with Crippen molar-refractivity contribution in [3.8, 4) is 5.75 Å². The lowest BCUT2D eigenvalue weighted by molar-refractivity contribution is -0.145. The van der Waals surface area contributed by atoms with E-state index < -0.39 is 30.6 Å². The molecular weight excluding hydrogens is 256 g/mol. The van der Waals surface area contributed by atoms with E-state index in [-0.39, 0.29) is 18.6 Å². The highest BCUT2D eigenvalue weighted by molar-refractivity contribution is 6.65. The van der Waals surface area contributed by atoms with Gasteiger partial charge in [0.15, 0.2) is 11.6 Å². The van der Waals surface area contributed by atoms with Gasteiger partial charge in [0.25, 0.3) is 0 Å². The normalized spacial score (nSPS) is 17.5. The van der Waals surface area contributed by atoms with Crippen molar-refractivity contribution in [1.82, 2.24) is 4.90 Å². The van der Waals surface area contributed by atoms with E-state index >= 15 is 0 Å². The van der Waals surface area contributed by atoms with E-state index in [2.05, 4.69) is 0 Å². The fourth-order valence-electron chi connectivity index (χ4n) is 1.68. The summed E-state index contributed by atoms with van der Waals surface area (Å²) in [6.45, 7) is -0.191. The van der Waals surface area contributed by atoms with Crippen molar-refractivity contribution in [2.24, 2.45) is 0 Å². The fraction of sp³-hybridized carbons (Fsp3) is 0.273. The van der Waals surface area contributed by atoms with E-state index in [1.54, 1.807) is 7.05 Å². The average Bonchev–Trinajstić information content (AvgIpc) is 2.29. The molecular formula is C11H11BFNO5. The van der Waals surface area contributed by atoms with Gasteiger partial charge in [-0.2, -0.15) is 0 Å². The molecule has 0 aliphatic carbocycles. The lowest BCUT2D eigenvalue weighted by Gasteiger charge is -2.22. The fourth-order valence-corrected chi connectivity index (χ4v) is 1.68. The van der Waals surface area contributed by atoms with Crippen LogP contribution >= 0.6 is 0 Å². The van der Waals surface area contributed by atoms with Crippen molar-refractivity contribution in [2.45, 2.75) is 0 Å². The second kappa shape index (κ2) is 5.27. The van der Waals surface area contributed by atoms with Gasteiger partial charge in [-0.3, -0.25) is 14.5 Å². The molecule has 0 atom stereocenters. The number of carbonyl (C=O) groups excluding carboxylic acids is 2. The topological polar surface area (TPSA) is 76.1 Å². The standard InChI is InChI=1S/C11H11BFNO5/c1-14-5-9(15)18-12(19-10(16)6-14)7-3-2-4-8(13)11(7)17/h2-4,17H,5-6H2,1H3. The monoisotopic (exact) mass is 267 g/mol. The molecule has 1 aromatic carbocycles. The molecule has 0 radical (unpaired) electrons. The Morgan fingerprint density at radius 2 is 1.84 bits per heavy atom. The Morgan fingerprint density at radius 1 is 1.26 bits per heavy atom. The molecule has 0 amide bonds. The Balaban J connectivity index is 2.29. The number of para-hydroxylation sites is 1. The van der Waals surface area contributed by atoms with Crippen molar-refractivity contribution < 1.29 is 28.4 Å². The molecule has 19 heavy (non-hydrogen) atoms. The van der Waals surface area contributed by atoms with Crippen molar-refractivity contribution in [1.29, 1.82) is 0 Å². The second-order valence-electron chi connectivity index (χ2n) is 4.16. The molecule has 8 heteroatoms. The molecule has 6 nitrogen and oxygen atoms in total. The number of hydrogen-bond donors (Lipinski definition) is 1. The van der Waals surface area contributed by atoms with Crippen molar-refractivity contribution in [2.75, 3.05) is 20.1 Å².